The van der Waals surface area contributed by atoms with Crippen molar-refractivity contribution in [3.05, 3.63) is 34.9 Å². The number of carboxylic acid groups (broad SMARTS) is 1. The van der Waals surface area contributed by atoms with Crippen LogP contribution in [0.1, 0.15) is 99.8 Å². The molecule has 7 atom stereocenters. The molecule has 3 nitrogen and oxygen atoms in total. The highest BCUT2D eigenvalue weighted by molar-refractivity contribution is 5.71. The summed E-state index contributed by atoms with van der Waals surface area (Å²) < 4.78 is 0. The first-order valence-electron chi connectivity index (χ1n) is 13.2. The van der Waals surface area contributed by atoms with Gasteiger partial charge in [0.1, 0.15) is 0 Å². The number of fused-ring (bicyclic) bond motifs is 5. The summed E-state index contributed by atoms with van der Waals surface area (Å²) in [4.78, 5) is 12.4. The largest absolute Gasteiger partial charge is 0.481 e. The minimum absolute atomic E-state index is 0.0245. The van der Waals surface area contributed by atoms with Crippen molar-refractivity contribution in [2.45, 2.75) is 106 Å². The van der Waals surface area contributed by atoms with E-state index >= 15 is 0 Å². The number of carboxylic acids is 1. The van der Waals surface area contributed by atoms with E-state index in [1.807, 2.05) is 0 Å². The van der Waals surface area contributed by atoms with Crippen LogP contribution in [0.4, 0.5) is 0 Å². The van der Waals surface area contributed by atoms with Crippen molar-refractivity contribution in [2.75, 3.05) is 0 Å². The molecule has 0 aromatic rings. The van der Waals surface area contributed by atoms with Gasteiger partial charge in [-0.25, -0.2) is 0 Å². The molecule has 0 saturated heterocycles. The number of aliphatic hydroxyl groups is 1. The van der Waals surface area contributed by atoms with Crippen LogP contribution in [0.15, 0.2) is 34.9 Å². The lowest BCUT2D eigenvalue weighted by molar-refractivity contribution is -0.146. The van der Waals surface area contributed by atoms with Crippen LogP contribution in [0.5, 0.6) is 0 Å². The van der Waals surface area contributed by atoms with Crippen LogP contribution in [-0.4, -0.2) is 22.3 Å². The van der Waals surface area contributed by atoms with Gasteiger partial charge in [0.15, 0.2) is 0 Å². The third kappa shape index (κ3) is 3.51. The van der Waals surface area contributed by atoms with Gasteiger partial charge in [-0.15, -0.1) is 0 Å². The molecular formula is C30H46O3. The number of aliphatic hydroxyl groups excluding tert-OH is 1. The molecule has 3 heteroatoms. The molecule has 4 rings (SSSR count). The van der Waals surface area contributed by atoms with Crippen LogP contribution >= 0.6 is 0 Å². The van der Waals surface area contributed by atoms with Gasteiger partial charge in [-0.2, -0.15) is 0 Å². The van der Waals surface area contributed by atoms with E-state index in [0.717, 1.165) is 51.4 Å². The van der Waals surface area contributed by atoms with Gasteiger partial charge < -0.3 is 10.2 Å². The Bertz CT molecular complexity index is 904. The molecule has 33 heavy (non-hydrogen) atoms. The summed E-state index contributed by atoms with van der Waals surface area (Å²) in [5, 5.41) is 21.0. The third-order valence-electron chi connectivity index (χ3n) is 11.1. The van der Waals surface area contributed by atoms with Crippen LogP contribution in [0, 0.1) is 39.4 Å². The molecule has 0 radical (unpaired) electrons. The molecule has 0 aromatic carbocycles. The summed E-state index contributed by atoms with van der Waals surface area (Å²) in [7, 11) is 0. The molecule has 0 spiro atoms. The van der Waals surface area contributed by atoms with Crippen molar-refractivity contribution in [3.8, 4) is 0 Å². The number of aliphatic carboxylic acids is 1. The first-order valence-corrected chi connectivity index (χ1v) is 13.2. The van der Waals surface area contributed by atoms with Gasteiger partial charge >= 0.3 is 5.97 Å². The van der Waals surface area contributed by atoms with Gasteiger partial charge in [-0.1, -0.05) is 58.4 Å². The summed E-state index contributed by atoms with van der Waals surface area (Å²) >= 11 is 0. The van der Waals surface area contributed by atoms with Gasteiger partial charge in [0, 0.05) is 0 Å². The van der Waals surface area contributed by atoms with E-state index in [9.17, 15) is 15.0 Å². The minimum atomic E-state index is -0.616. The fourth-order valence-corrected chi connectivity index (χ4v) is 8.73. The Labute approximate surface area is 201 Å². The van der Waals surface area contributed by atoms with Crippen LogP contribution in [0.25, 0.3) is 0 Å². The lowest BCUT2D eigenvalue weighted by Gasteiger charge is -2.61. The fourth-order valence-electron chi connectivity index (χ4n) is 8.73. The van der Waals surface area contributed by atoms with Crippen molar-refractivity contribution < 1.29 is 15.0 Å². The first-order chi connectivity index (χ1) is 15.3. The standard InChI is InChI=1S/C30H46O3/c1-19(2)9-8-10-20(26(32)33)21-13-17-30(7)23-11-12-24-27(3,4)25(31)15-16-28(24,5)22(23)14-18-29(21,30)6/h9,11,14,20-21,24-25,31H,8,10,12-13,15-18H2,1-7H3,(H,32,33)/t20-,21-,24-,25+,28-,29-,30+/m1/s1. The van der Waals surface area contributed by atoms with Crippen molar-refractivity contribution in [1.29, 1.82) is 0 Å². The summed E-state index contributed by atoms with van der Waals surface area (Å²) in [5.74, 6) is -0.238. The Balaban J connectivity index is 1.70. The smallest absolute Gasteiger partial charge is 0.306 e. The molecule has 0 heterocycles. The van der Waals surface area contributed by atoms with Crippen molar-refractivity contribution in [1.82, 2.24) is 0 Å². The maximum Gasteiger partial charge on any atom is 0.306 e. The number of rotatable bonds is 5. The normalized spacial score (nSPS) is 42.2. The Morgan fingerprint density at radius 3 is 2.42 bits per heavy atom. The molecule has 4 aliphatic rings. The van der Waals surface area contributed by atoms with Gasteiger partial charge in [-0.05, 0) is 110 Å². The lowest BCUT2D eigenvalue weighted by Crippen LogP contribution is -2.54. The number of carbonyl (C=O) groups is 1. The maximum absolute atomic E-state index is 12.4. The van der Waals surface area contributed by atoms with Crippen LogP contribution in [0.2, 0.25) is 0 Å². The molecule has 0 unspecified atom stereocenters. The molecule has 0 amide bonds. The summed E-state index contributed by atoms with van der Waals surface area (Å²) in [6, 6.07) is 0. The highest BCUT2D eigenvalue weighted by atomic mass is 16.4. The zero-order valence-electron chi connectivity index (χ0n) is 22.0. The third-order valence-corrected chi connectivity index (χ3v) is 11.1. The molecule has 0 aromatic heterocycles. The Morgan fingerprint density at radius 2 is 1.79 bits per heavy atom. The van der Waals surface area contributed by atoms with E-state index in [1.165, 1.54) is 16.7 Å². The second kappa shape index (κ2) is 8.11. The Morgan fingerprint density at radius 1 is 1.09 bits per heavy atom. The zero-order chi connectivity index (χ0) is 24.4. The molecular weight excluding hydrogens is 408 g/mol. The maximum atomic E-state index is 12.4. The van der Waals surface area contributed by atoms with E-state index in [4.69, 9.17) is 0 Å². The van der Waals surface area contributed by atoms with Gasteiger partial charge in [-0.3, -0.25) is 4.79 Å². The molecule has 2 saturated carbocycles. The zero-order valence-corrected chi connectivity index (χ0v) is 22.0. The second-order valence-corrected chi connectivity index (χ2v) is 13.2. The number of hydrogen-bond acceptors (Lipinski definition) is 2. The SMILES string of the molecule is CC(C)=CCC[C@@H](C(=O)O)[C@H]1CC[C@@]2(C)C3=CC[C@@H]4C(C)(C)[C@@H](O)CC[C@]4(C)C3=CC[C@]12C. The molecule has 0 bridgehead atoms. The van der Waals surface area contributed by atoms with E-state index < -0.39 is 5.97 Å². The molecule has 2 fully saturated rings. The molecule has 4 aliphatic carbocycles. The summed E-state index contributed by atoms with van der Waals surface area (Å²) in [6.07, 6.45) is 14.5. The Hall–Kier alpha value is -1.35. The molecule has 184 valence electrons. The predicted molar refractivity (Wildman–Crippen MR) is 135 cm³/mol. The molecule has 2 N–H and O–H groups in total. The van der Waals surface area contributed by atoms with Crippen molar-refractivity contribution in [2.24, 2.45) is 39.4 Å². The van der Waals surface area contributed by atoms with Crippen LogP contribution < -0.4 is 0 Å². The Kier molecular flexibility index (Phi) is 6.08. The average Bonchev–Trinajstić information content (AvgIpc) is 3.00. The van der Waals surface area contributed by atoms with E-state index in [2.05, 4.69) is 66.7 Å². The van der Waals surface area contributed by atoms with Crippen molar-refractivity contribution in [3.63, 3.8) is 0 Å². The minimum Gasteiger partial charge on any atom is -0.481 e. The van der Waals surface area contributed by atoms with Crippen LogP contribution in [-0.2, 0) is 4.79 Å². The average molecular weight is 455 g/mol. The van der Waals surface area contributed by atoms with E-state index in [-0.39, 0.29) is 39.6 Å². The highest BCUT2D eigenvalue weighted by Gasteiger charge is 2.63. The topological polar surface area (TPSA) is 57.5 Å². The van der Waals surface area contributed by atoms with Gasteiger partial charge in [0.25, 0.3) is 0 Å². The second-order valence-electron chi connectivity index (χ2n) is 13.2. The van der Waals surface area contributed by atoms with Crippen LogP contribution in [0.3, 0.4) is 0 Å². The van der Waals surface area contributed by atoms with E-state index in [1.54, 1.807) is 0 Å². The first kappa shape index (κ1) is 24.8. The fraction of sp³-hybridized carbons (Fsp3) is 0.767. The highest BCUT2D eigenvalue weighted by Crippen LogP contribution is 2.71. The summed E-state index contributed by atoms with van der Waals surface area (Å²) in [5.41, 5.74) is 4.32. The van der Waals surface area contributed by atoms with Crippen molar-refractivity contribution >= 4 is 5.97 Å². The number of hydrogen-bond donors (Lipinski definition) is 2. The predicted octanol–water partition coefficient (Wildman–Crippen LogP) is 7.32. The van der Waals surface area contributed by atoms with E-state index in [0.29, 0.717) is 5.92 Å². The van der Waals surface area contributed by atoms with Gasteiger partial charge in [0.05, 0.1) is 12.0 Å². The molecule has 0 aliphatic heterocycles. The monoisotopic (exact) mass is 454 g/mol. The quantitative estimate of drug-likeness (QED) is 0.428. The van der Waals surface area contributed by atoms with Gasteiger partial charge in [0.2, 0.25) is 0 Å². The number of allylic oxidation sites excluding steroid dienone is 6. The lowest BCUT2D eigenvalue weighted by atomic mass is 9.44. The summed E-state index contributed by atoms with van der Waals surface area (Å²) in [6.45, 7) is 16.0.